The van der Waals surface area contributed by atoms with Crippen LogP contribution in [0.5, 0.6) is 11.6 Å². The van der Waals surface area contributed by atoms with Crippen LogP contribution in [0.1, 0.15) is 63.9 Å². The molecule has 0 bridgehead atoms. The fraction of sp³-hybridized carbons (Fsp3) is 0.405. The lowest BCUT2D eigenvalue weighted by Crippen LogP contribution is -2.50. The Labute approximate surface area is 334 Å². The van der Waals surface area contributed by atoms with E-state index >= 15 is 0 Å². The molecule has 2 unspecified atom stereocenters. The molecule has 2 aliphatic heterocycles. The predicted molar refractivity (Wildman–Crippen MR) is 220 cm³/mol. The van der Waals surface area contributed by atoms with Crippen molar-refractivity contribution in [3.05, 3.63) is 112 Å². The third-order valence-corrected chi connectivity index (χ3v) is 10.9. The summed E-state index contributed by atoms with van der Waals surface area (Å²) in [6.45, 7) is 16.4. The average Bonchev–Trinajstić information content (AvgIpc) is 3.38. The number of amides is 2. The molecular formula is C42H51Cl2N7O4. The van der Waals surface area contributed by atoms with Gasteiger partial charge in [-0.05, 0) is 68.3 Å². The first-order chi connectivity index (χ1) is 26.1. The van der Waals surface area contributed by atoms with Crippen LogP contribution in [0.2, 0.25) is 10.0 Å². The fourth-order valence-electron chi connectivity index (χ4n) is 6.90. The molecule has 1 saturated heterocycles. The van der Waals surface area contributed by atoms with E-state index in [1.165, 1.54) is 7.11 Å². The van der Waals surface area contributed by atoms with Gasteiger partial charge in [0.25, 0.3) is 0 Å². The number of hydrogen-bond donors (Lipinski definition) is 1. The van der Waals surface area contributed by atoms with Crippen LogP contribution in [-0.4, -0.2) is 96.3 Å². The quantitative estimate of drug-likeness (QED) is 0.166. The Balaban J connectivity index is 0.000000246. The summed E-state index contributed by atoms with van der Waals surface area (Å²) in [5, 5.41) is 4.18. The number of anilines is 1. The molecule has 6 rings (SSSR count). The molecule has 11 nitrogen and oxygen atoms in total. The van der Waals surface area contributed by atoms with Crippen molar-refractivity contribution >= 4 is 47.0 Å². The lowest BCUT2D eigenvalue weighted by molar-refractivity contribution is -0.120. The van der Waals surface area contributed by atoms with Gasteiger partial charge in [0.1, 0.15) is 22.8 Å². The third-order valence-electron chi connectivity index (χ3n) is 10.4. The molecule has 0 saturated carbocycles. The summed E-state index contributed by atoms with van der Waals surface area (Å²) in [7, 11) is 3.60. The number of benzene rings is 2. The van der Waals surface area contributed by atoms with Crippen LogP contribution in [0, 0.1) is 0 Å². The molecule has 2 aromatic carbocycles. The number of amidine groups is 1. The lowest BCUT2D eigenvalue weighted by atomic mass is 9.71. The number of carbonyl (C=O) groups excluding carboxylic acids is 2. The van der Waals surface area contributed by atoms with Gasteiger partial charge in [0.15, 0.2) is 0 Å². The second-order valence-corrected chi connectivity index (χ2v) is 15.8. The number of likely N-dealkylation sites (N-methyl/N-ethyl adjacent to an activating group) is 1. The number of ether oxygens (including phenoxy) is 2. The second-order valence-electron chi connectivity index (χ2n) is 14.9. The Morgan fingerprint density at radius 3 is 2.13 bits per heavy atom. The van der Waals surface area contributed by atoms with Gasteiger partial charge < -0.3 is 24.6 Å². The lowest BCUT2D eigenvalue weighted by Gasteiger charge is -2.45. The van der Waals surface area contributed by atoms with E-state index in [2.05, 4.69) is 81.1 Å². The number of nitrogens with zero attached hydrogens (tertiary/aromatic N) is 6. The molecule has 13 heteroatoms. The number of aliphatic imine (C=N–C) groups is 1. The van der Waals surface area contributed by atoms with Gasteiger partial charge >= 0.3 is 0 Å². The van der Waals surface area contributed by atoms with E-state index in [0.717, 1.165) is 40.4 Å². The van der Waals surface area contributed by atoms with Crippen molar-refractivity contribution in [2.24, 2.45) is 4.99 Å². The Hall–Kier alpha value is -4.71. The van der Waals surface area contributed by atoms with E-state index in [1.54, 1.807) is 23.2 Å². The summed E-state index contributed by atoms with van der Waals surface area (Å²) in [6.07, 6.45) is 4.35. The number of nitrogens with one attached hydrogen (secondary N) is 1. The van der Waals surface area contributed by atoms with E-state index in [1.807, 2.05) is 48.4 Å². The zero-order valence-electron chi connectivity index (χ0n) is 32.9. The third kappa shape index (κ3) is 9.06. The van der Waals surface area contributed by atoms with Crippen molar-refractivity contribution < 1.29 is 19.1 Å². The first-order valence-corrected chi connectivity index (χ1v) is 19.1. The van der Waals surface area contributed by atoms with E-state index in [0.29, 0.717) is 60.9 Å². The molecule has 292 valence electrons. The first-order valence-electron chi connectivity index (χ1n) is 18.3. The smallest absolute Gasteiger partial charge is 0.238 e. The Kier molecular flexibility index (Phi) is 13.1. The Morgan fingerprint density at radius 1 is 0.945 bits per heavy atom. The number of methoxy groups -OCH3 is 1. The monoisotopic (exact) mass is 787 g/mol. The summed E-state index contributed by atoms with van der Waals surface area (Å²) in [6, 6.07) is 21.5. The van der Waals surface area contributed by atoms with Crippen LogP contribution in [-0.2, 0) is 26.1 Å². The maximum Gasteiger partial charge on any atom is 0.238 e. The number of hydrogen-bond acceptors (Lipinski definition) is 9. The van der Waals surface area contributed by atoms with Gasteiger partial charge in [-0.15, -0.1) is 0 Å². The standard InChI is InChI=1S/C29H33Cl2N3O.C13H18N4O3/c1-8-35-24-17-25(27(2,3)4)32-18-23(24)26-33-28(5,19-9-13-21(30)14-10-19)29(6,34(26)7)20-11-15-22(31)16-12-20;1-20-13-11(3-2-4-14-13)15-12(19)9-16-5-7-17(10-18)8-6-16/h9-18H,8H2,1-7H3;2-4,10H,5-9H2,1H3,(H,15,19). The highest BCUT2D eigenvalue weighted by atomic mass is 35.5. The van der Waals surface area contributed by atoms with Crippen LogP contribution >= 0.6 is 23.2 Å². The van der Waals surface area contributed by atoms with Crippen molar-refractivity contribution in [1.82, 2.24) is 24.7 Å². The van der Waals surface area contributed by atoms with Gasteiger partial charge in [0.2, 0.25) is 18.2 Å². The maximum absolute atomic E-state index is 12.0. The summed E-state index contributed by atoms with van der Waals surface area (Å²) >= 11 is 12.5. The molecular weight excluding hydrogens is 737 g/mol. The molecule has 0 spiro atoms. The molecule has 2 atom stereocenters. The average molecular weight is 789 g/mol. The topological polar surface area (TPSA) is 112 Å². The van der Waals surface area contributed by atoms with Crippen molar-refractivity contribution in [2.45, 2.75) is 58.0 Å². The molecule has 0 aliphatic carbocycles. The van der Waals surface area contributed by atoms with Gasteiger partial charge in [-0.25, -0.2) is 4.98 Å². The zero-order valence-corrected chi connectivity index (χ0v) is 34.4. The minimum absolute atomic E-state index is 0.0938. The van der Waals surface area contributed by atoms with Gasteiger partial charge in [0, 0.05) is 72.8 Å². The molecule has 1 fully saturated rings. The molecule has 0 radical (unpaired) electrons. The number of aromatic nitrogens is 2. The number of carbonyl (C=O) groups is 2. The predicted octanol–water partition coefficient (Wildman–Crippen LogP) is 7.41. The van der Waals surface area contributed by atoms with Crippen molar-refractivity contribution in [3.8, 4) is 11.6 Å². The molecule has 4 heterocycles. The number of piperazine rings is 1. The molecule has 4 aromatic rings. The van der Waals surface area contributed by atoms with Crippen LogP contribution in [0.15, 0.2) is 84.1 Å². The summed E-state index contributed by atoms with van der Waals surface area (Å²) in [4.78, 5) is 42.8. The number of pyridine rings is 2. The van der Waals surface area contributed by atoms with Crippen LogP contribution in [0.3, 0.4) is 0 Å². The molecule has 55 heavy (non-hydrogen) atoms. The Morgan fingerprint density at radius 2 is 1.56 bits per heavy atom. The van der Waals surface area contributed by atoms with Crippen molar-refractivity contribution in [1.29, 1.82) is 0 Å². The van der Waals surface area contributed by atoms with Crippen LogP contribution in [0.25, 0.3) is 0 Å². The zero-order chi connectivity index (χ0) is 40.0. The van der Waals surface area contributed by atoms with E-state index in [4.69, 9.17) is 42.7 Å². The van der Waals surface area contributed by atoms with E-state index in [-0.39, 0.29) is 11.3 Å². The maximum atomic E-state index is 12.0. The summed E-state index contributed by atoms with van der Waals surface area (Å²) in [5.41, 5.74) is 3.35. The molecule has 1 N–H and O–H groups in total. The van der Waals surface area contributed by atoms with Crippen LogP contribution < -0.4 is 14.8 Å². The number of rotatable bonds is 10. The molecule has 2 aromatic heterocycles. The number of halogens is 2. The summed E-state index contributed by atoms with van der Waals surface area (Å²) in [5.74, 6) is 1.90. The second kappa shape index (κ2) is 17.4. The fourth-order valence-corrected chi connectivity index (χ4v) is 7.15. The largest absolute Gasteiger partial charge is 0.493 e. The first kappa shape index (κ1) is 41.5. The van der Waals surface area contributed by atoms with Gasteiger partial charge in [0.05, 0.1) is 31.4 Å². The van der Waals surface area contributed by atoms with E-state index in [9.17, 15) is 9.59 Å². The minimum atomic E-state index is -0.623. The van der Waals surface area contributed by atoms with E-state index < -0.39 is 11.1 Å². The normalized spacial score (nSPS) is 19.9. The van der Waals surface area contributed by atoms with Crippen molar-refractivity contribution in [2.75, 3.05) is 58.8 Å². The Bertz CT molecular complexity index is 1980. The highest BCUT2D eigenvalue weighted by Crippen LogP contribution is 2.53. The highest BCUT2D eigenvalue weighted by Gasteiger charge is 2.56. The van der Waals surface area contributed by atoms with Gasteiger partial charge in [-0.1, -0.05) is 68.2 Å². The minimum Gasteiger partial charge on any atom is -0.493 e. The molecule has 2 amide bonds. The SMILES string of the molecule is CCOc1cc(C(C)(C)C)ncc1C1=NC(C)(c2ccc(Cl)cc2)C(C)(c2ccc(Cl)cc2)N1C.COc1ncccc1NC(=O)CN1CCN(C=O)CC1. The van der Waals surface area contributed by atoms with Gasteiger partial charge in [-0.3, -0.25) is 24.5 Å². The molecule has 2 aliphatic rings. The summed E-state index contributed by atoms with van der Waals surface area (Å²) < 4.78 is 11.2. The van der Waals surface area contributed by atoms with Crippen LogP contribution in [0.4, 0.5) is 5.69 Å². The highest BCUT2D eigenvalue weighted by molar-refractivity contribution is 6.30. The van der Waals surface area contributed by atoms with Gasteiger partial charge in [-0.2, -0.15) is 0 Å². The van der Waals surface area contributed by atoms with Crippen molar-refractivity contribution in [3.63, 3.8) is 0 Å².